The maximum absolute atomic E-state index is 11.8. The van der Waals surface area contributed by atoms with Crippen LogP contribution >= 0.6 is 0 Å². The molecule has 3 aliphatic heterocycles. The Kier molecular flexibility index (Phi) is 7.72. The highest BCUT2D eigenvalue weighted by Gasteiger charge is 2.30. The fourth-order valence-electron chi connectivity index (χ4n) is 5.37. The topological polar surface area (TPSA) is 30.0 Å². The number of carbonyl (C=O) groups is 1. The highest BCUT2D eigenvalue weighted by Crippen LogP contribution is 2.21. The van der Waals surface area contributed by atoms with Gasteiger partial charge in [0.2, 0.25) is 0 Å². The molecule has 1 aromatic rings. The van der Waals surface area contributed by atoms with Gasteiger partial charge in [0.15, 0.2) is 0 Å². The summed E-state index contributed by atoms with van der Waals surface area (Å²) in [5, 5.41) is 0. The third-order valence-corrected chi connectivity index (χ3v) is 7.19. The average Bonchev–Trinajstić information content (AvgIpc) is 2.80. The molecule has 0 spiro atoms. The summed E-state index contributed by atoms with van der Waals surface area (Å²) < 4.78 is 0. The van der Waals surface area contributed by atoms with E-state index >= 15 is 0 Å². The van der Waals surface area contributed by atoms with Crippen LogP contribution in [0, 0.1) is 0 Å². The van der Waals surface area contributed by atoms with E-state index in [0.29, 0.717) is 0 Å². The zero-order valence-electron chi connectivity index (χ0n) is 17.9. The Morgan fingerprint density at radius 2 is 1.52 bits per heavy atom. The molecule has 3 aliphatic rings. The number of likely N-dealkylation sites (tertiary alicyclic amines) is 2. The van der Waals surface area contributed by atoms with E-state index in [1.54, 1.807) is 0 Å². The predicted octanol–water partition coefficient (Wildman–Crippen LogP) is 2.32. The maximum atomic E-state index is 11.8. The lowest BCUT2D eigenvalue weighted by Crippen LogP contribution is -2.57. The Hall–Kier alpha value is -1.27. The number of hydrogen-bond donors (Lipinski definition) is 0. The number of aldehydes is 1. The molecule has 0 aromatic heterocycles. The fourth-order valence-corrected chi connectivity index (χ4v) is 5.37. The van der Waals surface area contributed by atoms with E-state index in [2.05, 4.69) is 49.9 Å². The minimum Gasteiger partial charge on any atom is -0.302 e. The molecule has 1 unspecified atom stereocenters. The second kappa shape index (κ2) is 10.7. The van der Waals surface area contributed by atoms with Gasteiger partial charge in [0.05, 0.1) is 6.04 Å². The van der Waals surface area contributed by atoms with Gasteiger partial charge in [-0.3, -0.25) is 14.7 Å². The van der Waals surface area contributed by atoms with Crippen molar-refractivity contribution in [3.8, 4) is 0 Å². The first-order valence-corrected chi connectivity index (χ1v) is 11.7. The van der Waals surface area contributed by atoms with E-state index < -0.39 is 0 Å². The largest absolute Gasteiger partial charge is 0.302 e. The molecule has 3 saturated heterocycles. The van der Waals surface area contributed by atoms with Gasteiger partial charge in [-0.25, -0.2) is 0 Å². The summed E-state index contributed by atoms with van der Waals surface area (Å²) in [4.78, 5) is 22.0. The van der Waals surface area contributed by atoms with Gasteiger partial charge in [-0.2, -0.15) is 0 Å². The standard InChI is InChI=1S/C24H38N4O/c29-21-24(20-25-11-5-2-6-12-25)28-17-15-27(16-18-28)23-9-13-26(14-10-23)19-22-7-3-1-4-8-22/h1,3-4,7-8,21,23-24H,2,5-6,9-20H2. The molecule has 0 saturated carbocycles. The monoisotopic (exact) mass is 398 g/mol. The van der Waals surface area contributed by atoms with Gasteiger partial charge in [0.25, 0.3) is 0 Å². The molecule has 4 rings (SSSR count). The Bertz CT molecular complexity index is 603. The number of piperidine rings is 2. The van der Waals surface area contributed by atoms with E-state index in [1.165, 1.54) is 70.1 Å². The second-order valence-electron chi connectivity index (χ2n) is 9.13. The third kappa shape index (κ3) is 5.88. The van der Waals surface area contributed by atoms with Crippen LogP contribution < -0.4 is 0 Å². The van der Waals surface area contributed by atoms with Crippen LogP contribution in [-0.4, -0.2) is 96.9 Å². The molecule has 3 fully saturated rings. The van der Waals surface area contributed by atoms with Crippen molar-refractivity contribution < 1.29 is 4.79 Å². The van der Waals surface area contributed by atoms with Gasteiger partial charge in [-0.05, 0) is 57.4 Å². The molecule has 1 aromatic carbocycles. The van der Waals surface area contributed by atoms with Crippen molar-refractivity contribution in [2.75, 3.05) is 58.9 Å². The van der Waals surface area contributed by atoms with Gasteiger partial charge >= 0.3 is 0 Å². The van der Waals surface area contributed by atoms with E-state index in [0.717, 1.165) is 45.3 Å². The van der Waals surface area contributed by atoms with Crippen LogP contribution in [0.15, 0.2) is 30.3 Å². The van der Waals surface area contributed by atoms with Gasteiger partial charge in [-0.15, -0.1) is 0 Å². The lowest BCUT2D eigenvalue weighted by Gasteiger charge is -2.44. The SMILES string of the molecule is O=CC(CN1CCCCC1)N1CCN(C2CCN(Cc3ccccc3)CC2)CC1. The molecular weight excluding hydrogens is 360 g/mol. The molecule has 0 N–H and O–H groups in total. The molecule has 0 amide bonds. The number of rotatable bonds is 7. The zero-order chi connectivity index (χ0) is 19.9. The van der Waals surface area contributed by atoms with Crippen molar-refractivity contribution in [2.45, 2.75) is 50.7 Å². The number of piperazine rings is 1. The summed E-state index contributed by atoms with van der Waals surface area (Å²) in [7, 11) is 0. The molecule has 0 radical (unpaired) electrons. The van der Waals surface area contributed by atoms with Crippen molar-refractivity contribution in [2.24, 2.45) is 0 Å². The van der Waals surface area contributed by atoms with Crippen LogP contribution in [0.3, 0.4) is 0 Å². The van der Waals surface area contributed by atoms with Crippen molar-refractivity contribution in [1.29, 1.82) is 0 Å². The second-order valence-corrected chi connectivity index (χ2v) is 9.13. The van der Waals surface area contributed by atoms with Crippen LogP contribution in [-0.2, 0) is 11.3 Å². The summed E-state index contributed by atoms with van der Waals surface area (Å²) in [6.07, 6.45) is 7.69. The summed E-state index contributed by atoms with van der Waals surface area (Å²) >= 11 is 0. The average molecular weight is 399 g/mol. The van der Waals surface area contributed by atoms with E-state index in [9.17, 15) is 4.79 Å². The molecular formula is C24H38N4O. The van der Waals surface area contributed by atoms with Gasteiger partial charge < -0.3 is 9.69 Å². The first-order chi connectivity index (χ1) is 14.3. The smallest absolute Gasteiger partial charge is 0.138 e. The Labute approximate surface area is 176 Å². The number of benzene rings is 1. The molecule has 160 valence electrons. The molecule has 0 bridgehead atoms. The molecule has 1 atom stereocenters. The Balaban J connectivity index is 1.19. The van der Waals surface area contributed by atoms with Crippen molar-refractivity contribution in [3.05, 3.63) is 35.9 Å². The van der Waals surface area contributed by atoms with Gasteiger partial charge in [0, 0.05) is 45.3 Å². The summed E-state index contributed by atoms with van der Waals surface area (Å²) in [5.41, 5.74) is 1.42. The lowest BCUT2D eigenvalue weighted by atomic mass is 10.0. The Morgan fingerprint density at radius 1 is 0.828 bits per heavy atom. The van der Waals surface area contributed by atoms with Crippen molar-refractivity contribution >= 4 is 6.29 Å². The quantitative estimate of drug-likeness (QED) is 0.658. The zero-order valence-corrected chi connectivity index (χ0v) is 17.9. The van der Waals surface area contributed by atoms with Crippen LogP contribution in [0.5, 0.6) is 0 Å². The van der Waals surface area contributed by atoms with Crippen LogP contribution in [0.2, 0.25) is 0 Å². The number of nitrogens with zero attached hydrogens (tertiary/aromatic N) is 4. The highest BCUT2D eigenvalue weighted by molar-refractivity contribution is 5.58. The third-order valence-electron chi connectivity index (χ3n) is 7.19. The van der Waals surface area contributed by atoms with Crippen molar-refractivity contribution in [1.82, 2.24) is 19.6 Å². The molecule has 5 nitrogen and oxygen atoms in total. The normalized spacial score (nSPS) is 25.1. The molecule has 0 aliphatic carbocycles. The van der Waals surface area contributed by atoms with Crippen LogP contribution in [0.1, 0.15) is 37.7 Å². The van der Waals surface area contributed by atoms with Crippen LogP contribution in [0.25, 0.3) is 0 Å². The first-order valence-electron chi connectivity index (χ1n) is 11.7. The summed E-state index contributed by atoms with van der Waals surface area (Å²) in [6.45, 7) is 11.1. The lowest BCUT2D eigenvalue weighted by molar-refractivity contribution is -0.114. The molecule has 5 heteroatoms. The number of hydrogen-bond acceptors (Lipinski definition) is 5. The Morgan fingerprint density at radius 3 is 2.17 bits per heavy atom. The maximum Gasteiger partial charge on any atom is 0.138 e. The van der Waals surface area contributed by atoms with Crippen LogP contribution in [0.4, 0.5) is 0 Å². The predicted molar refractivity (Wildman–Crippen MR) is 118 cm³/mol. The van der Waals surface area contributed by atoms with E-state index in [-0.39, 0.29) is 6.04 Å². The highest BCUT2D eigenvalue weighted by atomic mass is 16.1. The number of carbonyl (C=O) groups excluding carboxylic acids is 1. The van der Waals surface area contributed by atoms with Gasteiger partial charge in [-0.1, -0.05) is 36.8 Å². The van der Waals surface area contributed by atoms with Gasteiger partial charge in [0.1, 0.15) is 6.29 Å². The minimum atomic E-state index is 0.0861. The van der Waals surface area contributed by atoms with Crippen molar-refractivity contribution in [3.63, 3.8) is 0 Å². The minimum absolute atomic E-state index is 0.0861. The summed E-state index contributed by atoms with van der Waals surface area (Å²) in [6, 6.07) is 11.6. The molecule has 29 heavy (non-hydrogen) atoms. The molecule has 3 heterocycles. The summed E-state index contributed by atoms with van der Waals surface area (Å²) in [5.74, 6) is 0. The fraction of sp³-hybridized carbons (Fsp3) is 0.708. The van der Waals surface area contributed by atoms with E-state index in [4.69, 9.17) is 0 Å². The van der Waals surface area contributed by atoms with E-state index in [1.807, 2.05) is 0 Å². The first kappa shape index (κ1) is 21.0.